The van der Waals surface area contributed by atoms with Gasteiger partial charge < -0.3 is 15.4 Å². The second-order valence-corrected chi connectivity index (χ2v) is 9.04. The third-order valence-electron chi connectivity index (χ3n) is 5.49. The van der Waals surface area contributed by atoms with Crippen LogP contribution in [0, 0.1) is 0 Å². The number of aromatic nitrogens is 4. The van der Waals surface area contributed by atoms with Crippen molar-refractivity contribution in [3.63, 3.8) is 0 Å². The van der Waals surface area contributed by atoms with Crippen molar-refractivity contribution in [2.24, 2.45) is 0 Å². The van der Waals surface area contributed by atoms with Crippen LogP contribution in [0.1, 0.15) is 19.3 Å². The number of hydrogen-bond acceptors (Lipinski definition) is 6. The van der Waals surface area contributed by atoms with Gasteiger partial charge in [0.1, 0.15) is 11.8 Å². The van der Waals surface area contributed by atoms with E-state index in [4.69, 9.17) is 16.6 Å². The molecule has 8 nitrogen and oxygen atoms in total. The zero-order valence-electron chi connectivity index (χ0n) is 17.6. The number of ether oxygens (including phenoxy) is 1. The van der Waals surface area contributed by atoms with Gasteiger partial charge in [-0.2, -0.15) is 13.3 Å². The van der Waals surface area contributed by atoms with Gasteiger partial charge in [0.05, 0.1) is 11.1 Å². The van der Waals surface area contributed by atoms with Gasteiger partial charge >= 0.3 is 6.61 Å². The van der Waals surface area contributed by atoms with Gasteiger partial charge in [-0.3, -0.25) is 4.79 Å². The van der Waals surface area contributed by atoms with Gasteiger partial charge in [-0.1, -0.05) is 17.7 Å². The molecular formula is C22H18BrClF2N6O2. The standard InChI is InChI=1S/C22H18BrClF2N6O2/c23-14-5-3-4-13-17(14)29-22(28-15-6-1-2-9-27-20(15)33)32-19(13)30-18(31-32)12-8-7-11(24)10-16(12)34-21(25)26/h3-5,7-8,10,15,21H,1-2,6,9H2,(H,27,33)(H,28,29)/t15-/m1/s1. The minimum Gasteiger partial charge on any atom is -0.434 e. The molecule has 176 valence electrons. The van der Waals surface area contributed by atoms with Gasteiger partial charge in [0, 0.05) is 21.4 Å². The largest absolute Gasteiger partial charge is 0.434 e. The molecule has 0 aliphatic carbocycles. The van der Waals surface area contributed by atoms with Crippen molar-refractivity contribution in [2.75, 3.05) is 11.9 Å². The molecular weight excluding hydrogens is 534 g/mol. The minimum atomic E-state index is -3.04. The van der Waals surface area contributed by atoms with E-state index in [0.29, 0.717) is 35.5 Å². The van der Waals surface area contributed by atoms with Crippen LogP contribution in [0.25, 0.3) is 27.9 Å². The van der Waals surface area contributed by atoms with E-state index in [0.717, 1.165) is 17.3 Å². The van der Waals surface area contributed by atoms with E-state index in [1.807, 2.05) is 18.2 Å². The topological polar surface area (TPSA) is 93.4 Å². The van der Waals surface area contributed by atoms with Crippen molar-refractivity contribution in [1.82, 2.24) is 24.9 Å². The molecule has 5 rings (SSSR count). The van der Waals surface area contributed by atoms with Crippen LogP contribution in [0.2, 0.25) is 5.02 Å². The summed E-state index contributed by atoms with van der Waals surface area (Å²) in [4.78, 5) is 21.9. The van der Waals surface area contributed by atoms with E-state index in [-0.39, 0.29) is 28.1 Å². The highest BCUT2D eigenvalue weighted by Gasteiger charge is 2.24. The Balaban J connectivity index is 1.69. The van der Waals surface area contributed by atoms with E-state index in [1.165, 1.54) is 16.6 Å². The first-order valence-electron chi connectivity index (χ1n) is 10.5. The lowest BCUT2D eigenvalue weighted by Gasteiger charge is -2.17. The number of alkyl halides is 2. The fourth-order valence-corrected chi connectivity index (χ4v) is 4.53. The molecule has 1 aliphatic heterocycles. The van der Waals surface area contributed by atoms with Crippen molar-refractivity contribution in [3.8, 4) is 17.1 Å². The number of hydrogen-bond donors (Lipinski definition) is 2. The van der Waals surface area contributed by atoms with Crippen LogP contribution in [-0.2, 0) is 4.79 Å². The lowest BCUT2D eigenvalue weighted by molar-refractivity contribution is -0.121. The van der Waals surface area contributed by atoms with Crippen molar-refractivity contribution >= 4 is 55.9 Å². The highest BCUT2D eigenvalue weighted by molar-refractivity contribution is 9.10. The predicted octanol–water partition coefficient (Wildman–Crippen LogP) is 5.04. The molecule has 2 aromatic heterocycles. The molecule has 1 atom stereocenters. The Kier molecular flexibility index (Phi) is 6.22. The average Bonchev–Trinajstić information content (AvgIpc) is 3.14. The highest BCUT2D eigenvalue weighted by atomic mass is 79.9. The van der Waals surface area contributed by atoms with E-state index in [2.05, 4.69) is 41.4 Å². The van der Waals surface area contributed by atoms with Crippen LogP contribution in [0.5, 0.6) is 5.75 Å². The maximum atomic E-state index is 13.0. The highest BCUT2D eigenvalue weighted by Crippen LogP contribution is 2.34. The lowest BCUT2D eigenvalue weighted by atomic mass is 10.1. The predicted molar refractivity (Wildman–Crippen MR) is 127 cm³/mol. The normalized spacial score (nSPS) is 16.6. The van der Waals surface area contributed by atoms with Crippen LogP contribution in [-0.4, -0.2) is 44.7 Å². The molecule has 3 heterocycles. The summed E-state index contributed by atoms with van der Waals surface area (Å²) in [6.07, 6.45) is 2.40. The van der Waals surface area contributed by atoms with Crippen LogP contribution in [0.3, 0.4) is 0 Å². The first-order chi connectivity index (χ1) is 16.4. The third-order valence-corrected chi connectivity index (χ3v) is 6.37. The fourth-order valence-electron chi connectivity index (χ4n) is 3.91. The van der Waals surface area contributed by atoms with Crippen LogP contribution in [0.4, 0.5) is 14.7 Å². The van der Waals surface area contributed by atoms with Crippen molar-refractivity contribution in [1.29, 1.82) is 0 Å². The van der Waals surface area contributed by atoms with Gasteiger partial charge in [-0.25, -0.2) is 9.97 Å². The summed E-state index contributed by atoms with van der Waals surface area (Å²) < 4.78 is 32.9. The van der Waals surface area contributed by atoms with E-state index in [1.54, 1.807) is 6.07 Å². The average molecular weight is 552 g/mol. The van der Waals surface area contributed by atoms with Gasteiger partial charge in [0.15, 0.2) is 11.5 Å². The van der Waals surface area contributed by atoms with Crippen LogP contribution >= 0.6 is 27.5 Å². The van der Waals surface area contributed by atoms with Crippen LogP contribution in [0.15, 0.2) is 40.9 Å². The summed E-state index contributed by atoms with van der Waals surface area (Å²) in [7, 11) is 0. The van der Waals surface area contributed by atoms with Gasteiger partial charge in [0.25, 0.3) is 0 Å². The minimum absolute atomic E-state index is 0.120. The number of carbonyl (C=O) groups is 1. The summed E-state index contributed by atoms with van der Waals surface area (Å²) in [6.45, 7) is -2.42. The molecule has 34 heavy (non-hydrogen) atoms. The number of halogens is 4. The number of para-hydroxylation sites is 1. The number of carbonyl (C=O) groups excluding carboxylic acids is 1. The maximum absolute atomic E-state index is 13.0. The molecule has 2 aromatic carbocycles. The molecule has 0 spiro atoms. The number of nitrogens with zero attached hydrogens (tertiary/aromatic N) is 4. The molecule has 1 fully saturated rings. The molecule has 0 unspecified atom stereocenters. The smallest absolute Gasteiger partial charge is 0.387 e. The number of amides is 1. The Bertz CT molecular complexity index is 1400. The maximum Gasteiger partial charge on any atom is 0.387 e. The molecule has 4 aromatic rings. The fraction of sp³-hybridized carbons (Fsp3) is 0.273. The summed E-state index contributed by atoms with van der Waals surface area (Å²) in [5.74, 6) is 0.190. The zero-order valence-corrected chi connectivity index (χ0v) is 19.9. The second kappa shape index (κ2) is 9.30. The third kappa shape index (κ3) is 4.37. The summed E-state index contributed by atoms with van der Waals surface area (Å²) in [5, 5.41) is 11.6. The Morgan fingerprint density at radius 1 is 1.24 bits per heavy atom. The Hall–Kier alpha value is -3.05. The quantitative estimate of drug-likeness (QED) is 0.361. The monoisotopic (exact) mass is 550 g/mol. The molecule has 2 N–H and O–H groups in total. The lowest BCUT2D eigenvalue weighted by Crippen LogP contribution is -2.38. The molecule has 0 bridgehead atoms. The Labute approximate surface area is 205 Å². The number of benzene rings is 2. The van der Waals surface area contributed by atoms with Crippen molar-refractivity contribution in [3.05, 3.63) is 45.9 Å². The number of anilines is 1. The molecule has 1 amide bonds. The van der Waals surface area contributed by atoms with E-state index < -0.39 is 12.7 Å². The summed E-state index contributed by atoms with van der Waals surface area (Å²) in [5.41, 5.74) is 1.30. The van der Waals surface area contributed by atoms with Gasteiger partial charge in [-0.05, 0) is 65.5 Å². The second-order valence-electron chi connectivity index (χ2n) is 7.74. The number of rotatable bonds is 5. The summed E-state index contributed by atoms with van der Waals surface area (Å²) >= 11 is 9.51. The van der Waals surface area contributed by atoms with E-state index >= 15 is 0 Å². The number of fused-ring (bicyclic) bond motifs is 3. The molecule has 0 saturated carbocycles. The van der Waals surface area contributed by atoms with E-state index in [9.17, 15) is 13.6 Å². The first-order valence-corrected chi connectivity index (χ1v) is 11.7. The van der Waals surface area contributed by atoms with Crippen molar-refractivity contribution < 1.29 is 18.3 Å². The van der Waals surface area contributed by atoms with Gasteiger partial charge in [-0.15, -0.1) is 5.10 Å². The molecule has 1 saturated heterocycles. The number of nitrogens with one attached hydrogen (secondary N) is 2. The molecule has 0 radical (unpaired) electrons. The van der Waals surface area contributed by atoms with Crippen LogP contribution < -0.4 is 15.4 Å². The Morgan fingerprint density at radius 2 is 2.09 bits per heavy atom. The first kappa shape index (κ1) is 22.7. The van der Waals surface area contributed by atoms with Crippen molar-refractivity contribution in [2.45, 2.75) is 31.9 Å². The SMILES string of the molecule is O=C1NCCCC[C@H]1Nc1nc2c(Br)cccc2c2nc(-c3ccc(Cl)cc3OC(F)F)nn12. The Morgan fingerprint density at radius 3 is 2.91 bits per heavy atom. The summed E-state index contributed by atoms with van der Waals surface area (Å²) in [6, 6.07) is 9.37. The molecule has 12 heteroatoms. The zero-order chi connectivity index (χ0) is 23.8. The van der Waals surface area contributed by atoms with Gasteiger partial charge in [0.2, 0.25) is 11.9 Å². The molecule has 1 aliphatic rings.